The number of benzene rings is 1. The van der Waals surface area contributed by atoms with E-state index in [1.54, 1.807) is 10.9 Å². The molecule has 3 aromatic rings. The molecule has 1 fully saturated rings. The molecule has 2 amide bonds. The van der Waals surface area contributed by atoms with Crippen molar-refractivity contribution in [1.29, 1.82) is 0 Å². The van der Waals surface area contributed by atoms with E-state index in [-0.39, 0.29) is 31.0 Å². The van der Waals surface area contributed by atoms with Gasteiger partial charge in [0.15, 0.2) is 0 Å². The number of carbonyl (C=O) groups excluding carboxylic acids is 2. The smallest absolute Gasteiger partial charge is 0.261 e. The van der Waals surface area contributed by atoms with Crippen LogP contribution in [-0.4, -0.2) is 57.3 Å². The molecule has 0 saturated carbocycles. The van der Waals surface area contributed by atoms with Crippen LogP contribution in [0.3, 0.4) is 0 Å². The van der Waals surface area contributed by atoms with E-state index in [1.165, 1.54) is 11.3 Å². The predicted octanol–water partition coefficient (Wildman–Crippen LogP) is 2.90. The number of fused-ring (bicyclic) bond motifs is 1. The van der Waals surface area contributed by atoms with Crippen molar-refractivity contribution in [2.45, 2.75) is 38.6 Å². The Bertz CT molecular complexity index is 1100. The summed E-state index contributed by atoms with van der Waals surface area (Å²) < 4.78 is 2.78. The summed E-state index contributed by atoms with van der Waals surface area (Å²) in [5, 5.41) is 17.2. The van der Waals surface area contributed by atoms with Crippen molar-refractivity contribution in [3.05, 3.63) is 52.2 Å². The van der Waals surface area contributed by atoms with Crippen LogP contribution in [0.5, 0.6) is 0 Å². The number of carbonyl (C=O) groups is 2. The summed E-state index contributed by atoms with van der Waals surface area (Å²) in [6.07, 6.45) is 5.24. The highest BCUT2D eigenvalue weighted by Crippen LogP contribution is 2.34. The van der Waals surface area contributed by atoms with Gasteiger partial charge in [-0.2, -0.15) is 5.10 Å². The number of nitrogens with one attached hydrogen (secondary N) is 1. The largest absolute Gasteiger partial charge is 0.395 e. The van der Waals surface area contributed by atoms with Crippen molar-refractivity contribution in [3.63, 3.8) is 0 Å². The number of nitrogens with zero attached hydrogens (tertiary/aromatic N) is 3. The van der Waals surface area contributed by atoms with E-state index in [2.05, 4.69) is 10.4 Å². The average Bonchev–Trinajstić information content (AvgIpc) is 3.32. The van der Waals surface area contributed by atoms with Crippen LogP contribution in [0.1, 0.15) is 50.5 Å². The third-order valence-corrected chi connectivity index (χ3v) is 7.31. The van der Waals surface area contributed by atoms with Crippen LogP contribution in [0.15, 0.2) is 30.5 Å². The Balaban J connectivity index is 1.67. The Morgan fingerprint density at radius 2 is 2.10 bits per heavy atom. The van der Waals surface area contributed by atoms with Crippen molar-refractivity contribution in [2.24, 2.45) is 7.05 Å². The fourth-order valence-electron chi connectivity index (χ4n) is 4.31. The molecule has 2 N–H and O–H groups in total. The van der Waals surface area contributed by atoms with E-state index < -0.39 is 0 Å². The first kappa shape index (κ1) is 21.5. The maximum atomic E-state index is 13.4. The first-order valence-electron chi connectivity index (χ1n) is 10.7. The van der Waals surface area contributed by atoms with Gasteiger partial charge in [0.05, 0.1) is 23.2 Å². The van der Waals surface area contributed by atoms with Crippen LogP contribution in [0.25, 0.3) is 10.1 Å². The number of aliphatic hydroxyl groups is 1. The lowest BCUT2D eigenvalue weighted by atomic mass is 9.93. The number of likely N-dealkylation sites (tertiary alicyclic amines) is 1. The zero-order valence-corrected chi connectivity index (χ0v) is 18.7. The summed E-state index contributed by atoms with van der Waals surface area (Å²) >= 11 is 1.47. The van der Waals surface area contributed by atoms with Crippen LogP contribution in [0.4, 0.5) is 0 Å². The van der Waals surface area contributed by atoms with Crippen LogP contribution in [0, 0.1) is 6.92 Å². The van der Waals surface area contributed by atoms with Gasteiger partial charge >= 0.3 is 0 Å². The van der Waals surface area contributed by atoms with Gasteiger partial charge in [0, 0.05) is 36.6 Å². The Kier molecular flexibility index (Phi) is 6.38. The molecule has 8 heteroatoms. The highest BCUT2D eigenvalue weighted by molar-refractivity contribution is 7.21. The van der Waals surface area contributed by atoms with Gasteiger partial charge in [-0.15, -0.1) is 11.3 Å². The molecule has 3 heterocycles. The topological polar surface area (TPSA) is 87.5 Å². The number of rotatable bonds is 6. The molecule has 1 aromatic carbocycles. The first-order chi connectivity index (χ1) is 15.0. The first-order valence-corrected chi connectivity index (χ1v) is 11.5. The number of aliphatic hydroxyl groups excluding tert-OH is 1. The van der Waals surface area contributed by atoms with E-state index in [1.807, 2.05) is 43.1 Å². The zero-order chi connectivity index (χ0) is 22.0. The summed E-state index contributed by atoms with van der Waals surface area (Å²) in [6, 6.07) is 8.05. The highest BCUT2D eigenvalue weighted by Gasteiger charge is 2.31. The van der Waals surface area contributed by atoms with E-state index in [0.717, 1.165) is 40.6 Å². The van der Waals surface area contributed by atoms with Crippen molar-refractivity contribution in [1.82, 2.24) is 20.0 Å². The van der Waals surface area contributed by atoms with E-state index >= 15 is 0 Å². The van der Waals surface area contributed by atoms with Crippen LogP contribution in [-0.2, 0) is 13.5 Å². The summed E-state index contributed by atoms with van der Waals surface area (Å²) in [6.45, 7) is 2.75. The van der Waals surface area contributed by atoms with Crippen LogP contribution < -0.4 is 5.32 Å². The lowest BCUT2D eigenvalue weighted by molar-refractivity contribution is 0.0613. The fourth-order valence-corrected chi connectivity index (χ4v) is 5.46. The van der Waals surface area contributed by atoms with E-state index in [0.29, 0.717) is 23.4 Å². The zero-order valence-electron chi connectivity index (χ0n) is 17.9. The molecule has 0 spiro atoms. The molecule has 0 radical (unpaired) electrons. The molecule has 0 aliphatic carbocycles. The summed E-state index contributed by atoms with van der Waals surface area (Å²) in [5.74, 6) is -0.150. The maximum Gasteiger partial charge on any atom is 0.261 e. The van der Waals surface area contributed by atoms with Gasteiger partial charge in [-0.25, -0.2) is 0 Å². The quantitative estimate of drug-likeness (QED) is 0.617. The number of hydrogen-bond acceptors (Lipinski definition) is 5. The molecule has 4 rings (SSSR count). The second kappa shape index (κ2) is 9.20. The molecular formula is C23H28N4O3S. The maximum absolute atomic E-state index is 13.4. The summed E-state index contributed by atoms with van der Waals surface area (Å²) in [7, 11) is 1.84. The highest BCUT2D eigenvalue weighted by atomic mass is 32.1. The number of aryl methyl sites for hydroxylation is 1. The Labute approximate surface area is 185 Å². The number of amides is 2. The minimum absolute atomic E-state index is 0.0149. The lowest BCUT2D eigenvalue weighted by Crippen LogP contribution is -2.45. The van der Waals surface area contributed by atoms with Crippen LogP contribution >= 0.6 is 11.3 Å². The fraction of sp³-hybridized carbons (Fsp3) is 0.435. The number of thiophene rings is 1. The molecule has 2 aromatic heterocycles. The predicted molar refractivity (Wildman–Crippen MR) is 122 cm³/mol. The molecule has 31 heavy (non-hydrogen) atoms. The molecule has 7 nitrogen and oxygen atoms in total. The Morgan fingerprint density at radius 3 is 2.84 bits per heavy atom. The van der Waals surface area contributed by atoms with E-state index in [9.17, 15) is 9.59 Å². The third-order valence-electron chi connectivity index (χ3n) is 6.10. The monoisotopic (exact) mass is 440 g/mol. The molecule has 0 unspecified atom stereocenters. The molecule has 1 atom stereocenters. The molecule has 0 bridgehead atoms. The van der Waals surface area contributed by atoms with Gasteiger partial charge in [-0.1, -0.05) is 18.2 Å². The second-order valence-corrected chi connectivity index (χ2v) is 9.06. The summed E-state index contributed by atoms with van der Waals surface area (Å²) in [4.78, 5) is 28.8. The van der Waals surface area contributed by atoms with Crippen molar-refractivity contribution in [2.75, 3.05) is 19.7 Å². The van der Waals surface area contributed by atoms with Gasteiger partial charge in [-0.3, -0.25) is 14.3 Å². The second-order valence-electron chi connectivity index (χ2n) is 8.00. The summed E-state index contributed by atoms with van der Waals surface area (Å²) in [5.41, 5.74) is 2.49. The Hall–Kier alpha value is -2.71. The average molecular weight is 441 g/mol. The number of piperidine rings is 1. The number of aromatic nitrogens is 2. The SMILES string of the molecule is Cc1c(C(=O)N2CCCC[C@H]2Cc2c(C(=O)NCCO)sc3ccccc23)cnn1C. The minimum atomic E-state index is -0.165. The molecule has 1 aliphatic heterocycles. The standard InChI is InChI=1S/C23H28N4O3S/c1-15-19(14-25-26(15)2)23(30)27-11-6-5-7-16(27)13-18-17-8-3-4-9-20(17)31-21(18)22(29)24-10-12-28/h3-4,8-9,14,16,28H,5-7,10-13H2,1-2H3,(H,24,29)/t16-/m0/s1. The molecule has 1 saturated heterocycles. The van der Waals surface area contributed by atoms with Gasteiger partial charge in [0.25, 0.3) is 11.8 Å². The molecule has 1 aliphatic rings. The van der Waals surface area contributed by atoms with E-state index in [4.69, 9.17) is 5.11 Å². The normalized spacial score (nSPS) is 16.6. The minimum Gasteiger partial charge on any atom is -0.395 e. The lowest BCUT2D eigenvalue weighted by Gasteiger charge is -2.36. The number of hydrogen-bond donors (Lipinski definition) is 2. The van der Waals surface area contributed by atoms with Crippen LogP contribution in [0.2, 0.25) is 0 Å². The molecule has 164 valence electrons. The van der Waals surface area contributed by atoms with Gasteiger partial charge in [0.1, 0.15) is 0 Å². The molecular weight excluding hydrogens is 412 g/mol. The van der Waals surface area contributed by atoms with Crippen molar-refractivity contribution < 1.29 is 14.7 Å². The van der Waals surface area contributed by atoms with Gasteiger partial charge in [-0.05, 0) is 49.6 Å². The third kappa shape index (κ3) is 4.22. The van der Waals surface area contributed by atoms with Gasteiger partial charge in [0.2, 0.25) is 0 Å². The van der Waals surface area contributed by atoms with Crippen molar-refractivity contribution in [3.8, 4) is 0 Å². The van der Waals surface area contributed by atoms with Gasteiger partial charge < -0.3 is 15.3 Å². The van der Waals surface area contributed by atoms with Crippen molar-refractivity contribution >= 4 is 33.2 Å². The Morgan fingerprint density at radius 1 is 1.29 bits per heavy atom.